The van der Waals surface area contributed by atoms with Gasteiger partial charge >= 0.3 is 17.9 Å². The van der Waals surface area contributed by atoms with Crippen molar-refractivity contribution in [2.75, 3.05) is 111 Å². The molecule has 0 fully saturated rings. The van der Waals surface area contributed by atoms with E-state index in [4.69, 9.17) is 10.2 Å². The summed E-state index contributed by atoms with van der Waals surface area (Å²) in [7, 11) is 0. The van der Waals surface area contributed by atoms with Gasteiger partial charge in [0.05, 0.1) is 58.1 Å². The van der Waals surface area contributed by atoms with Gasteiger partial charge < -0.3 is 87.7 Å². The van der Waals surface area contributed by atoms with Gasteiger partial charge in [-0.15, -0.1) is 0 Å². The normalized spacial score (nSPS) is 16.2. The van der Waals surface area contributed by atoms with Crippen LogP contribution in [0.25, 0.3) is 0 Å². The molecule has 8 atom stereocenters. The number of aliphatic hydroxyl groups is 10. The van der Waals surface area contributed by atoms with Crippen LogP contribution in [0.3, 0.4) is 0 Å². The zero-order valence-corrected chi connectivity index (χ0v) is 30.3. The minimum atomic E-state index is -1.81. The Kier molecular flexibility index (Phi) is 27.3. The molecule has 25 nitrogen and oxygen atoms in total. The van der Waals surface area contributed by atoms with Gasteiger partial charge in [-0.2, -0.15) is 0 Å². The van der Waals surface area contributed by atoms with Crippen LogP contribution in [0, 0.1) is 0 Å². The second-order valence-electron chi connectivity index (χ2n) is 12.6. The highest BCUT2D eigenvalue weighted by Crippen LogP contribution is 2.05. The van der Waals surface area contributed by atoms with Crippen LogP contribution in [-0.2, 0) is 24.0 Å². The first-order valence-corrected chi connectivity index (χ1v) is 17.3. The van der Waals surface area contributed by atoms with Crippen molar-refractivity contribution in [3.63, 3.8) is 0 Å². The smallest absolute Gasteiger partial charge is 0.317 e. The summed E-state index contributed by atoms with van der Waals surface area (Å²) in [4.78, 5) is 63.3. The Morgan fingerprint density at radius 1 is 0.418 bits per heavy atom. The summed E-state index contributed by atoms with van der Waals surface area (Å²) in [6.45, 7) is -4.93. The molecule has 0 heterocycles. The van der Waals surface area contributed by atoms with Gasteiger partial charge in [0.2, 0.25) is 11.8 Å². The Bertz CT molecular complexity index is 1050. The van der Waals surface area contributed by atoms with Gasteiger partial charge in [-0.3, -0.25) is 38.7 Å². The van der Waals surface area contributed by atoms with Crippen LogP contribution in [-0.4, -0.2) is 271 Å². The number of hydrogen-bond acceptors (Lipinski definition) is 20. The number of hydrogen-bond donors (Lipinski definition) is 17. The first-order chi connectivity index (χ1) is 25.8. The molecule has 55 heavy (non-hydrogen) atoms. The van der Waals surface area contributed by atoms with Crippen molar-refractivity contribution >= 4 is 29.7 Å². The van der Waals surface area contributed by atoms with Gasteiger partial charge in [-0.25, -0.2) is 0 Å². The first kappa shape index (κ1) is 51.8. The molecule has 0 bridgehead atoms. The molecule has 0 saturated carbocycles. The van der Waals surface area contributed by atoms with Gasteiger partial charge in [0.1, 0.15) is 36.6 Å². The maximum atomic E-state index is 12.5. The zero-order valence-electron chi connectivity index (χ0n) is 30.3. The molecule has 0 radical (unpaired) electrons. The molecular weight excluding hydrogens is 746 g/mol. The average molecular weight is 806 g/mol. The SMILES string of the molecule is O=C(O)CN(CCN(CC(=O)O)CC(=O)NCCNC[C@H](O)[C@@H](O)[C@@H](O)[C@H](O)CO)CCN(CC(=O)O)CC(=O)NCCNC[C@H](O)[C@@H](O)[C@@H](O)[C@H](O)CO. The van der Waals surface area contributed by atoms with Gasteiger partial charge in [-0.1, -0.05) is 0 Å². The molecule has 0 unspecified atom stereocenters. The van der Waals surface area contributed by atoms with E-state index in [1.165, 1.54) is 14.7 Å². The van der Waals surface area contributed by atoms with Crippen LogP contribution in [0.4, 0.5) is 0 Å². The van der Waals surface area contributed by atoms with Gasteiger partial charge in [0, 0.05) is 65.4 Å². The summed E-state index contributed by atoms with van der Waals surface area (Å²) in [6, 6.07) is 0. The van der Waals surface area contributed by atoms with E-state index < -0.39 is 124 Å². The van der Waals surface area contributed by atoms with Crippen molar-refractivity contribution in [1.29, 1.82) is 0 Å². The second kappa shape index (κ2) is 29.1. The van der Waals surface area contributed by atoms with Crippen molar-refractivity contribution in [2.45, 2.75) is 48.8 Å². The summed E-state index contributed by atoms with van der Waals surface area (Å²) in [5.41, 5.74) is 0. The number of rotatable bonds is 34. The molecule has 17 N–H and O–H groups in total. The lowest BCUT2D eigenvalue weighted by Crippen LogP contribution is -2.50. The Morgan fingerprint density at radius 3 is 1.02 bits per heavy atom. The molecule has 0 saturated heterocycles. The van der Waals surface area contributed by atoms with Crippen molar-refractivity contribution in [1.82, 2.24) is 36.0 Å². The molecule has 0 aliphatic rings. The minimum Gasteiger partial charge on any atom is -0.480 e. The van der Waals surface area contributed by atoms with Crippen LogP contribution in [0.2, 0.25) is 0 Å². The predicted octanol–water partition coefficient (Wildman–Crippen LogP) is -10.6. The third kappa shape index (κ3) is 24.1. The van der Waals surface area contributed by atoms with Crippen molar-refractivity contribution in [2.24, 2.45) is 0 Å². The van der Waals surface area contributed by atoms with Gasteiger partial charge in [0.15, 0.2) is 0 Å². The Hall–Kier alpha value is -3.25. The fraction of sp³-hybridized carbons (Fsp3) is 0.833. The topological polar surface area (TPSA) is 406 Å². The van der Waals surface area contributed by atoms with Crippen molar-refractivity contribution in [3.05, 3.63) is 0 Å². The van der Waals surface area contributed by atoms with E-state index in [1.54, 1.807) is 0 Å². The quantitative estimate of drug-likeness (QED) is 0.0268. The fourth-order valence-electron chi connectivity index (χ4n) is 4.80. The second-order valence-corrected chi connectivity index (χ2v) is 12.6. The molecule has 0 aliphatic carbocycles. The maximum Gasteiger partial charge on any atom is 0.317 e. The van der Waals surface area contributed by atoms with E-state index in [0.29, 0.717) is 0 Å². The van der Waals surface area contributed by atoms with E-state index in [2.05, 4.69) is 21.3 Å². The van der Waals surface area contributed by atoms with Crippen LogP contribution in [0.15, 0.2) is 0 Å². The predicted molar refractivity (Wildman–Crippen MR) is 186 cm³/mol. The lowest BCUT2D eigenvalue weighted by molar-refractivity contribution is -0.141. The monoisotopic (exact) mass is 805 g/mol. The molecule has 0 aromatic heterocycles. The van der Waals surface area contributed by atoms with Crippen LogP contribution < -0.4 is 21.3 Å². The summed E-state index contributed by atoms with van der Waals surface area (Å²) in [5.74, 6) is -5.01. The number of nitrogens with one attached hydrogen (secondary N) is 4. The van der Waals surface area contributed by atoms with Gasteiger partial charge in [0.25, 0.3) is 0 Å². The molecule has 2 amide bonds. The number of carboxylic acids is 3. The Labute approximate surface area is 316 Å². The lowest BCUT2D eigenvalue weighted by atomic mass is 10.0. The van der Waals surface area contributed by atoms with Gasteiger partial charge in [-0.05, 0) is 0 Å². The molecule has 0 aromatic carbocycles. The van der Waals surface area contributed by atoms with Crippen molar-refractivity contribution in [3.8, 4) is 0 Å². The summed E-state index contributed by atoms with van der Waals surface area (Å²) in [6.07, 6.45) is -13.6. The summed E-state index contributed by atoms with van der Waals surface area (Å²) in [5, 5.41) is 134. The maximum absolute atomic E-state index is 12.5. The largest absolute Gasteiger partial charge is 0.480 e. The Balaban J connectivity index is 4.96. The lowest BCUT2D eigenvalue weighted by Gasteiger charge is -2.28. The van der Waals surface area contributed by atoms with Crippen LogP contribution in [0.5, 0.6) is 0 Å². The molecular formula is C30H59N7O18. The van der Waals surface area contributed by atoms with Crippen LogP contribution in [0.1, 0.15) is 0 Å². The summed E-state index contributed by atoms with van der Waals surface area (Å²) < 4.78 is 0. The average Bonchev–Trinajstić information content (AvgIpc) is 3.12. The standard InChI is InChI=1S/C30H59N7O18/c38-16-20(42)29(54)27(52)18(40)9-31-1-3-33-22(44)11-36(14-25(48)49)7-5-35(13-24(46)47)6-8-37(15-26(50)51)12-23(45)34-4-2-32-10-19(41)28(53)30(55)21(43)17-39/h18-21,27-32,38-43,52-55H,1-17H2,(H,33,44)(H,34,45)(H,46,47)(H,48,49)(H,50,51)/t18-,19-,20+,21+,27+,28+,29-,30-/m0/s1. The van der Waals surface area contributed by atoms with Crippen LogP contribution >= 0.6 is 0 Å². The third-order valence-corrected chi connectivity index (χ3v) is 7.88. The van der Waals surface area contributed by atoms with E-state index >= 15 is 0 Å². The number of carbonyl (C=O) groups is 5. The number of aliphatic carboxylic acids is 3. The highest BCUT2D eigenvalue weighted by molar-refractivity contribution is 5.79. The number of carbonyl (C=O) groups excluding carboxylic acids is 2. The zero-order chi connectivity index (χ0) is 42.1. The minimum absolute atomic E-state index is 0.00478. The first-order valence-electron chi connectivity index (χ1n) is 17.3. The summed E-state index contributed by atoms with van der Waals surface area (Å²) >= 11 is 0. The van der Waals surface area contributed by atoms with E-state index in [1.807, 2.05) is 0 Å². The number of amides is 2. The molecule has 0 aliphatic heterocycles. The fourth-order valence-corrected chi connectivity index (χ4v) is 4.80. The molecule has 0 aromatic rings. The van der Waals surface area contributed by atoms with Crippen molar-refractivity contribution < 1.29 is 90.4 Å². The molecule has 322 valence electrons. The highest BCUT2D eigenvalue weighted by Gasteiger charge is 2.31. The molecule has 0 spiro atoms. The number of nitrogens with zero attached hydrogens (tertiary/aromatic N) is 3. The molecule has 25 heteroatoms. The number of carboxylic acid groups (broad SMARTS) is 3. The van der Waals surface area contributed by atoms with E-state index in [0.717, 1.165) is 0 Å². The highest BCUT2D eigenvalue weighted by atomic mass is 16.4. The van der Waals surface area contributed by atoms with E-state index in [9.17, 15) is 80.1 Å². The third-order valence-electron chi connectivity index (χ3n) is 7.88. The molecule has 0 rings (SSSR count). The number of aliphatic hydroxyl groups excluding tert-OH is 10. The van der Waals surface area contributed by atoms with E-state index in [-0.39, 0.29) is 65.4 Å². The Morgan fingerprint density at radius 2 is 0.709 bits per heavy atom.